The topological polar surface area (TPSA) is 21.8 Å². The van der Waals surface area contributed by atoms with Gasteiger partial charge >= 0.3 is 0 Å². The van der Waals surface area contributed by atoms with Gasteiger partial charge in [0.2, 0.25) is 0 Å². The number of halogens is 3. The van der Waals surface area contributed by atoms with E-state index in [0.29, 0.717) is 0 Å². The molecule has 1 fully saturated rings. The number of aromatic nitrogens is 2. The summed E-state index contributed by atoms with van der Waals surface area (Å²) in [5, 5.41) is 0.754. The highest BCUT2D eigenvalue weighted by atomic mass is 79.9. The summed E-state index contributed by atoms with van der Waals surface area (Å²) in [4.78, 5) is 2.50. The fourth-order valence-corrected chi connectivity index (χ4v) is 5.11. The van der Waals surface area contributed by atoms with Crippen LogP contribution >= 0.6 is 45.6 Å². The lowest BCUT2D eigenvalue weighted by atomic mass is 9.98. The molecule has 1 aliphatic rings. The zero-order valence-electron chi connectivity index (χ0n) is 19.3. The van der Waals surface area contributed by atoms with Crippen molar-refractivity contribution in [1.82, 2.24) is 13.9 Å². The van der Waals surface area contributed by atoms with E-state index in [2.05, 4.69) is 86.8 Å². The first-order valence-electron chi connectivity index (χ1n) is 11.5. The number of morpholine rings is 1. The quantitative estimate of drug-likeness (QED) is 0.206. The molecule has 1 saturated heterocycles. The van der Waals surface area contributed by atoms with Gasteiger partial charge in [0.25, 0.3) is 0 Å². The zero-order valence-corrected chi connectivity index (χ0v) is 23.5. The van der Waals surface area contributed by atoms with E-state index in [1.807, 2.05) is 12.1 Å². The third-order valence-corrected chi connectivity index (χ3v) is 6.88. The molecule has 0 saturated carbocycles. The first-order chi connectivity index (χ1) is 16.3. The fraction of sp³-hybridized carbons (Fsp3) is 0.214. The molecular formula is C28H28Br2ClN3O. The number of rotatable bonds is 5. The molecule has 1 aliphatic heterocycles. The molecule has 0 N–H and O–H groups in total. The van der Waals surface area contributed by atoms with Crippen molar-refractivity contribution in [2.75, 3.05) is 32.8 Å². The van der Waals surface area contributed by atoms with Crippen molar-refractivity contribution in [3.63, 3.8) is 0 Å². The first-order valence-corrected chi connectivity index (χ1v) is 11.9. The van der Waals surface area contributed by atoms with Gasteiger partial charge in [-0.25, -0.2) is 0 Å². The molecule has 0 spiro atoms. The van der Waals surface area contributed by atoms with E-state index in [9.17, 15) is 0 Å². The molecule has 6 rings (SSSR count). The molecule has 0 amide bonds. The third kappa shape index (κ3) is 4.95. The van der Waals surface area contributed by atoms with Crippen molar-refractivity contribution >= 4 is 62.2 Å². The van der Waals surface area contributed by atoms with Crippen molar-refractivity contribution in [2.45, 2.75) is 6.54 Å². The molecule has 3 heterocycles. The average Bonchev–Trinajstić information content (AvgIpc) is 3.40. The highest BCUT2D eigenvalue weighted by Crippen LogP contribution is 2.40. The van der Waals surface area contributed by atoms with E-state index in [-0.39, 0.29) is 34.0 Å². The molecule has 2 aromatic heterocycles. The Bertz CT molecular complexity index is 1410. The second-order valence-electron chi connectivity index (χ2n) is 8.58. The van der Waals surface area contributed by atoms with Crippen LogP contribution in [0.1, 0.15) is 0 Å². The minimum absolute atomic E-state index is 0. The highest BCUT2D eigenvalue weighted by Gasteiger charge is 2.22. The van der Waals surface area contributed by atoms with E-state index in [0.717, 1.165) is 44.4 Å². The molecule has 5 aromatic rings. The molecule has 0 atom stereocenters. The van der Waals surface area contributed by atoms with Gasteiger partial charge in [0.1, 0.15) is 5.65 Å². The van der Waals surface area contributed by atoms with Gasteiger partial charge in [-0.1, -0.05) is 66.2 Å². The predicted octanol–water partition coefficient (Wildman–Crippen LogP) is 7.37. The second kappa shape index (κ2) is 11.3. The monoisotopic (exact) mass is 615 g/mol. The molecule has 4 nitrogen and oxygen atoms in total. The smallest absolute Gasteiger partial charge is 0.126 e. The number of imidazole rings is 1. The Morgan fingerprint density at radius 3 is 2.09 bits per heavy atom. The Kier molecular flexibility index (Phi) is 8.40. The minimum Gasteiger partial charge on any atom is -0.379 e. The van der Waals surface area contributed by atoms with Gasteiger partial charge in [-0.2, -0.15) is 0 Å². The summed E-state index contributed by atoms with van der Waals surface area (Å²) < 4.78 is 10.4. The SMILES string of the molecule is Br.Br.Clc1ccc(-c2cn3c4ccccc4n(CCN4CCOCC4)c3c2-c2ccccc2)cc1. The summed E-state index contributed by atoms with van der Waals surface area (Å²) >= 11 is 6.21. The van der Waals surface area contributed by atoms with Crippen LogP contribution in [0.25, 0.3) is 38.9 Å². The lowest BCUT2D eigenvalue weighted by molar-refractivity contribution is 0.0366. The molecule has 0 aliphatic carbocycles. The van der Waals surface area contributed by atoms with Crippen LogP contribution in [0.15, 0.2) is 85.1 Å². The number of ether oxygens (including phenoxy) is 1. The number of fused-ring (bicyclic) bond motifs is 3. The van der Waals surface area contributed by atoms with Gasteiger partial charge in [0, 0.05) is 48.5 Å². The van der Waals surface area contributed by atoms with Gasteiger partial charge < -0.3 is 9.30 Å². The van der Waals surface area contributed by atoms with Gasteiger partial charge in [0.05, 0.1) is 24.2 Å². The van der Waals surface area contributed by atoms with Crippen LogP contribution in [-0.4, -0.2) is 46.7 Å². The van der Waals surface area contributed by atoms with Crippen molar-refractivity contribution in [2.24, 2.45) is 0 Å². The maximum atomic E-state index is 6.21. The van der Waals surface area contributed by atoms with E-state index in [4.69, 9.17) is 16.3 Å². The first kappa shape index (κ1) is 26.0. The summed E-state index contributed by atoms with van der Waals surface area (Å²) in [5.41, 5.74) is 8.61. The van der Waals surface area contributed by atoms with E-state index < -0.39 is 0 Å². The van der Waals surface area contributed by atoms with Gasteiger partial charge in [-0.15, -0.1) is 34.0 Å². The van der Waals surface area contributed by atoms with E-state index >= 15 is 0 Å². The minimum atomic E-state index is 0. The van der Waals surface area contributed by atoms with E-state index in [1.165, 1.54) is 38.9 Å². The maximum Gasteiger partial charge on any atom is 0.126 e. The summed E-state index contributed by atoms with van der Waals surface area (Å²) in [5.74, 6) is 0. The Hall–Kier alpha value is -2.09. The van der Waals surface area contributed by atoms with E-state index in [1.54, 1.807) is 0 Å². The highest BCUT2D eigenvalue weighted by molar-refractivity contribution is 8.93. The lowest BCUT2D eigenvalue weighted by Crippen LogP contribution is -2.38. The molecule has 35 heavy (non-hydrogen) atoms. The van der Waals surface area contributed by atoms with Crippen LogP contribution in [0.4, 0.5) is 0 Å². The van der Waals surface area contributed by atoms with Crippen molar-refractivity contribution in [3.05, 3.63) is 90.1 Å². The number of para-hydroxylation sites is 2. The van der Waals surface area contributed by atoms with Gasteiger partial charge in [-0.05, 0) is 35.4 Å². The molecule has 0 unspecified atom stereocenters. The maximum absolute atomic E-state index is 6.21. The van der Waals surface area contributed by atoms with Crippen LogP contribution in [0, 0.1) is 0 Å². The molecule has 0 bridgehead atoms. The molecular weight excluding hydrogens is 590 g/mol. The Labute approximate surface area is 231 Å². The van der Waals surface area contributed by atoms with Crippen LogP contribution in [0.3, 0.4) is 0 Å². The standard InChI is InChI=1S/C28H26ClN3O.2BrH/c29-23-12-10-21(11-13-23)24-20-32-26-9-5-4-8-25(26)31(15-14-30-16-18-33-19-17-30)28(32)27(24)22-6-2-1-3-7-22;;/h1-13,20H,14-19H2;2*1H. The Balaban J connectivity index is 0.00000144. The Morgan fingerprint density at radius 1 is 0.714 bits per heavy atom. The number of hydrogen-bond acceptors (Lipinski definition) is 2. The largest absolute Gasteiger partial charge is 0.379 e. The summed E-state index contributed by atoms with van der Waals surface area (Å²) in [6.45, 7) is 5.58. The summed E-state index contributed by atoms with van der Waals surface area (Å²) in [6.07, 6.45) is 2.29. The van der Waals surface area contributed by atoms with Crippen molar-refractivity contribution in [3.8, 4) is 22.3 Å². The van der Waals surface area contributed by atoms with Gasteiger partial charge in [0.15, 0.2) is 0 Å². The average molecular weight is 618 g/mol. The summed E-state index contributed by atoms with van der Waals surface area (Å²) in [6, 6.07) is 27.6. The normalized spacial score (nSPS) is 14.1. The molecule has 3 aromatic carbocycles. The van der Waals surface area contributed by atoms with Crippen LogP contribution < -0.4 is 0 Å². The van der Waals surface area contributed by atoms with Crippen LogP contribution in [0.2, 0.25) is 5.02 Å². The number of hydrogen-bond donors (Lipinski definition) is 0. The number of benzene rings is 3. The predicted molar refractivity (Wildman–Crippen MR) is 157 cm³/mol. The van der Waals surface area contributed by atoms with Crippen molar-refractivity contribution in [1.29, 1.82) is 0 Å². The lowest BCUT2D eigenvalue weighted by Gasteiger charge is -2.26. The number of nitrogens with zero attached hydrogens (tertiary/aromatic N) is 3. The van der Waals surface area contributed by atoms with Gasteiger partial charge in [-0.3, -0.25) is 9.30 Å². The summed E-state index contributed by atoms with van der Waals surface area (Å²) in [7, 11) is 0. The third-order valence-electron chi connectivity index (χ3n) is 6.63. The second-order valence-corrected chi connectivity index (χ2v) is 9.02. The molecule has 7 heteroatoms. The van der Waals surface area contributed by atoms with Crippen LogP contribution in [0.5, 0.6) is 0 Å². The molecule has 182 valence electrons. The van der Waals surface area contributed by atoms with Crippen LogP contribution in [-0.2, 0) is 11.3 Å². The fourth-order valence-electron chi connectivity index (χ4n) is 4.98. The molecule has 0 radical (unpaired) electrons. The van der Waals surface area contributed by atoms with Crippen molar-refractivity contribution < 1.29 is 4.74 Å². The Morgan fingerprint density at radius 2 is 1.37 bits per heavy atom. The zero-order chi connectivity index (χ0) is 22.2.